The standard InChI is InChI=1S/C16H14Cl2F2N2/c1-21-15(10-4-5-12(19)13(18)14(10)20)9-6-11(17)16(22-7-9)8-2-3-8/h4-8,15,21H,2-3H2,1H3. The highest BCUT2D eigenvalue weighted by atomic mass is 35.5. The lowest BCUT2D eigenvalue weighted by atomic mass is 9.99. The van der Waals surface area contributed by atoms with Gasteiger partial charge >= 0.3 is 0 Å². The van der Waals surface area contributed by atoms with Gasteiger partial charge in [-0.2, -0.15) is 0 Å². The molecule has 1 aromatic carbocycles. The molecule has 22 heavy (non-hydrogen) atoms. The van der Waals surface area contributed by atoms with Crippen molar-refractivity contribution in [2.75, 3.05) is 7.05 Å². The Morgan fingerprint density at radius 3 is 2.59 bits per heavy atom. The van der Waals surface area contributed by atoms with Crippen molar-refractivity contribution in [1.82, 2.24) is 10.3 Å². The van der Waals surface area contributed by atoms with Crippen LogP contribution in [-0.2, 0) is 0 Å². The highest BCUT2D eigenvalue weighted by Gasteiger charge is 2.28. The lowest BCUT2D eigenvalue weighted by Gasteiger charge is -2.19. The number of hydrogen-bond donors (Lipinski definition) is 1. The number of rotatable bonds is 4. The van der Waals surface area contributed by atoms with E-state index in [2.05, 4.69) is 10.3 Å². The van der Waals surface area contributed by atoms with Gasteiger partial charge in [-0.25, -0.2) is 8.78 Å². The highest BCUT2D eigenvalue weighted by molar-refractivity contribution is 6.31. The second kappa shape index (κ2) is 6.11. The summed E-state index contributed by atoms with van der Waals surface area (Å²) in [7, 11) is 1.68. The van der Waals surface area contributed by atoms with Crippen LogP contribution in [0.2, 0.25) is 10.0 Å². The topological polar surface area (TPSA) is 24.9 Å². The molecular formula is C16H14Cl2F2N2. The molecule has 3 rings (SSSR count). The van der Waals surface area contributed by atoms with Crippen molar-refractivity contribution in [3.8, 4) is 0 Å². The van der Waals surface area contributed by atoms with Crippen molar-refractivity contribution < 1.29 is 8.78 Å². The number of nitrogens with zero attached hydrogens (tertiary/aromatic N) is 1. The molecule has 6 heteroatoms. The van der Waals surface area contributed by atoms with Crippen LogP contribution in [0.4, 0.5) is 8.78 Å². The summed E-state index contributed by atoms with van der Waals surface area (Å²) in [5.41, 5.74) is 1.85. The lowest BCUT2D eigenvalue weighted by Crippen LogP contribution is -2.19. The zero-order valence-corrected chi connectivity index (χ0v) is 13.3. The first-order valence-corrected chi connectivity index (χ1v) is 7.74. The first-order valence-electron chi connectivity index (χ1n) is 6.99. The SMILES string of the molecule is CNC(c1cnc(C2CC2)c(Cl)c1)c1ccc(F)c(Cl)c1F. The molecule has 0 aliphatic heterocycles. The Morgan fingerprint density at radius 2 is 2.00 bits per heavy atom. The fourth-order valence-corrected chi connectivity index (χ4v) is 3.05. The summed E-state index contributed by atoms with van der Waals surface area (Å²) >= 11 is 11.9. The molecule has 1 saturated carbocycles. The van der Waals surface area contributed by atoms with E-state index < -0.39 is 22.7 Å². The first kappa shape index (κ1) is 15.7. The Kier molecular flexibility index (Phi) is 4.35. The van der Waals surface area contributed by atoms with Crippen molar-refractivity contribution in [2.45, 2.75) is 24.8 Å². The van der Waals surface area contributed by atoms with Crippen LogP contribution in [0.5, 0.6) is 0 Å². The Morgan fingerprint density at radius 1 is 1.27 bits per heavy atom. The molecular weight excluding hydrogens is 329 g/mol. The van der Waals surface area contributed by atoms with Gasteiger partial charge in [-0.05, 0) is 37.6 Å². The van der Waals surface area contributed by atoms with Crippen molar-refractivity contribution in [3.63, 3.8) is 0 Å². The number of nitrogens with one attached hydrogen (secondary N) is 1. The van der Waals surface area contributed by atoms with Gasteiger partial charge in [0.25, 0.3) is 0 Å². The number of hydrogen-bond acceptors (Lipinski definition) is 2. The van der Waals surface area contributed by atoms with Crippen molar-refractivity contribution in [2.24, 2.45) is 0 Å². The lowest BCUT2D eigenvalue weighted by molar-refractivity contribution is 0.552. The zero-order chi connectivity index (χ0) is 15.9. The second-order valence-corrected chi connectivity index (χ2v) is 6.18. The summed E-state index contributed by atoms with van der Waals surface area (Å²) in [6.45, 7) is 0. The maximum Gasteiger partial charge on any atom is 0.149 e. The summed E-state index contributed by atoms with van der Waals surface area (Å²) in [6.07, 6.45) is 3.88. The number of benzene rings is 1. The van der Waals surface area contributed by atoms with Crippen LogP contribution in [0.25, 0.3) is 0 Å². The second-order valence-electron chi connectivity index (χ2n) is 5.40. The molecule has 1 aliphatic carbocycles. The maximum atomic E-state index is 14.2. The van der Waals surface area contributed by atoms with Crippen molar-refractivity contribution >= 4 is 23.2 Å². The summed E-state index contributed by atoms with van der Waals surface area (Å²) in [4.78, 5) is 4.40. The van der Waals surface area contributed by atoms with Crippen LogP contribution in [-0.4, -0.2) is 12.0 Å². The average molecular weight is 343 g/mol. The molecule has 0 bridgehead atoms. The molecule has 1 heterocycles. The van der Waals surface area contributed by atoms with Gasteiger partial charge < -0.3 is 5.32 Å². The molecule has 2 nitrogen and oxygen atoms in total. The van der Waals surface area contributed by atoms with Crippen LogP contribution in [0.3, 0.4) is 0 Å². The smallest absolute Gasteiger partial charge is 0.149 e. The third kappa shape index (κ3) is 2.83. The molecule has 1 N–H and O–H groups in total. The van der Waals surface area contributed by atoms with Crippen LogP contribution in [0.1, 0.15) is 41.6 Å². The van der Waals surface area contributed by atoms with E-state index in [1.54, 1.807) is 19.3 Å². The first-order chi connectivity index (χ1) is 10.5. The minimum Gasteiger partial charge on any atom is -0.309 e. The Hall–Kier alpha value is -1.23. The van der Waals surface area contributed by atoms with E-state index in [9.17, 15) is 8.78 Å². The molecule has 1 aliphatic rings. The molecule has 1 unspecified atom stereocenters. The van der Waals surface area contributed by atoms with Gasteiger partial charge in [0.05, 0.1) is 16.8 Å². The third-order valence-corrected chi connectivity index (χ3v) is 4.50. The van der Waals surface area contributed by atoms with E-state index in [0.29, 0.717) is 16.5 Å². The van der Waals surface area contributed by atoms with Gasteiger partial charge in [-0.3, -0.25) is 4.98 Å². The Bertz CT molecular complexity index is 718. The van der Waals surface area contributed by atoms with Gasteiger partial charge in [-0.1, -0.05) is 29.3 Å². The largest absolute Gasteiger partial charge is 0.309 e. The molecule has 1 atom stereocenters. The molecule has 0 radical (unpaired) electrons. The summed E-state index contributed by atoms with van der Waals surface area (Å²) in [5.74, 6) is -1.12. The van der Waals surface area contributed by atoms with E-state index in [4.69, 9.17) is 23.2 Å². The maximum absolute atomic E-state index is 14.2. The number of halogens is 4. The molecule has 1 fully saturated rings. The fraction of sp³-hybridized carbons (Fsp3) is 0.312. The molecule has 116 valence electrons. The van der Waals surface area contributed by atoms with Crippen LogP contribution >= 0.6 is 23.2 Å². The fourth-order valence-electron chi connectivity index (χ4n) is 2.54. The third-order valence-electron chi connectivity index (χ3n) is 3.85. The van der Waals surface area contributed by atoms with Gasteiger partial charge in [0.15, 0.2) is 0 Å². The predicted molar refractivity (Wildman–Crippen MR) is 83.5 cm³/mol. The van der Waals surface area contributed by atoms with Gasteiger partial charge in [-0.15, -0.1) is 0 Å². The van der Waals surface area contributed by atoms with E-state index in [-0.39, 0.29) is 5.56 Å². The Balaban J connectivity index is 2.01. The molecule has 0 amide bonds. The summed E-state index contributed by atoms with van der Waals surface area (Å²) in [5, 5.41) is 3.06. The van der Waals surface area contributed by atoms with E-state index >= 15 is 0 Å². The van der Waals surface area contributed by atoms with Crippen molar-refractivity contribution in [1.29, 1.82) is 0 Å². The monoisotopic (exact) mass is 342 g/mol. The minimum absolute atomic E-state index is 0.255. The molecule has 0 spiro atoms. The van der Waals surface area contributed by atoms with Crippen molar-refractivity contribution in [3.05, 3.63) is 62.9 Å². The quantitative estimate of drug-likeness (QED) is 0.803. The summed E-state index contributed by atoms with van der Waals surface area (Å²) < 4.78 is 27.6. The van der Waals surface area contributed by atoms with Crippen LogP contribution < -0.4 is 5.32 Å². The minimum atomic E-state index is -0.780. The van der Waals surface area contributed by atoms with E-state index in [1.807, 2.05) is 0 Å². The molecule has 2 aromatic rings. The normalized spacial score (nSPS) is 15.9. The average Bonchev–Trinajstić information content (AvgIpc) is 3.33. The van der Waals surface area contributed by atoms with E-state index in [0.717, 1.165) is 24.6 Å². The molecule has 1 aromatic heterocycles. The number of aromatic nitrogens is 1. The van der Waals surface area contributed by atoms with Crippen LogP contribution in [0.15, 0.2) is 24.4 Å². The van der Waals surface area contributed by atoms with E-state index in [1.165, 1.54) is 6.07 Å². The number of pyridine rings is 1. The Labute approximate surface area is 137 Å². The zero-order valence-electron chi connectivity index (χ0n) is 11.8. The van der Waals surface area contributed by atoms with Gasteiger partial charge in [0, 0.05) is 17.7 Å². The highest BCUT2D eigenvalue weighted by Crippen LogP contribution is 2.42. The predicted octanol–water partition coefficient (Wildman–Crippen LogP) is 4.85. The summed E-state index contributed by atoms with van der Waals surface area (Å²) in [6, 6.07) is 3.80. The van der Waals surface area contributed by atoms with Crippen LogP contribution in [0, 0.1) is 11.6 Å². The van der Waals surface area contributed by atoms with Gasteiger partial charge in [0.1, 0.15) is 16.7 Å². The van der Waals surface area contributed by atoms with Gasteiger partial charge in [0.2, 0.25) is 0 Å². The molecule has 0 saturated heterocycles.